The van der Waals surface area contributed by atoms with E-state index in [1.165, 1.54) is 36.4 Å². The zero-order chi connectivity index (χ0) is 33.3. The number of carbonyl (C=O) groups is 4. The van der Waals surface area contributed by atoms with Crippen molar-refractivity contribution in [1.82, 2.24) is 20.4 Å². The molecule has 2 aliphatic rings. The van der Waals surface area contributed by atoms with E-state index in [1.54, 1.807) is 9.80 Å². The molecule has 46 heavy (non-hydrogen) atoms. The number of carbonyl (C=O) groups excluding carboxylic acids is 2. The topological polar surface area (TPSA) is 234 Å². The standard InChI is InChI=1S/C14H24N6O2.2C8H6O4/c1(3-19-5-9-21-10-6-19)13-15-17-14(18-16-13)2-4-20-7-11-22-12-8-20;2*9-7(10)5-2-1-3-6(4-5)8(11)12/h1-12H2;2*1-4H,(H,9,10)(H,11,12). The van der Waals surface area contributed by atoms with Gasteiger partial charge < -0.3 is 49.3 Å². The Morgan fingerprint density at radius 1 is 0.609 bits per heavy atom. The number of nitrogens with one attached hydrogen (secondary N) is 2. The van der Waals surface area contributed by atoms with E-state index in [1.807, 2.05) is 0 Å². The van der Waals surface area contributed by atoms with Crippen molar-refractivity contribution in [2.24, 2.45) is 0 Å². The minimum absolute atomic E-state index is 0.0586. The summed E-state index contributed by atoms with van der Waals surface area (Å²) in [6, 6.07) is 10.0. The number of aromatic carboxylic acids is 4. The summed E-state index contributed by atoms with van der Waals surface area (Å²) in [5.41, 5.74) is -0.377. The highest BCUT2D eigenvalue weighted by Gasteiger charge is 2.16. The SMILES string of the molecule is C1C[NH+](CCc2nnc(CC[NH+]3CCOCC3)nn2)CCO1.O=C([O-])c1cccc(C(=O)O)c1.O=C([O-])c1cccc(C(=O)O)c1. The van der Waals surface area contributed by atoms with Crippen molar-refractivity contribution in [3.05, 3.63) is 82.4 Å². The third-order valence-electron chi connectivity index (χ3n) is 7.06. The minimum atomic E-state index is -1.38. The lowest BCUT2D eigenvalue weighted by Crippen LogP contribution is -3.14. The molecular formula is C30H36N6O10. The Morgan fingerprint density at radius 3 is 1.24 bits per heavy atom. The monoisotopic (exact) mass is 640 g/mol. The molecule has 16 heteroatoms. The zero-order valence-electron chi connectivity index (χ0n) is 25.1. The van der Waals surface area contributed by atoms with Gasteiger partial charge in [-0.1, -0.05) is 24.3 Å². The molecule has 0 atom stereocenters. The molecule has 2 fully saturated rings. The van der Waals surface area contributed by atoms with Gasteiger partial charge >= 0.3 is 11.9 Å². The molecule has 5 rings (SSSR count). The van der Waals surface area contributed by atoms with Crippen LogP contribution in [0.15, 0.2) is 48.5 Å². The van der Waals surface area contributed by atoms with Crippen LogP contribution >= 0.6 is 0 Å². The Labute approximate surface area is 264 Å². The Kier molecular flexibility index (Phi) is 14.5. The number of ether oxygens (including phenoxy) is 2. The second-order valence-electron chi connectivity index (χ2n) is 10.3. The number of quaternary nitrogens is 2. The highest BCUT2D eigenvalue weighted by Crippen LogP contribution is 2.04. The van der Waals surface area contributed by atoms with E-state index in [0.717, 1.165) is 102 Å². The number of benzene rings is 2. The predicted molar refractivity (Wildman–Crippen MR) is 153 cm³/mol. The number of rotatable bonds is 10. The van der Waals surface area contributed by atoms with Crippen molar-refractivity contribution in [2.75, 3.05) is 65.7 Å². The molecule has 0 saturated carbocycles. The number of hydrogen-bond donors (Lipinski definition) is 4. The summed E-state index contributed by atoms with van der Waals surface area (Å²) in [5, 5.41) is 54.4. The molecule has 4 N–H and O–H groups in total. The number of carboxylic acid groups (broad SMARTS) is 4. The highest BCUT2D eigenvalue weighted by atomic mass is 16.5. The molecule has 2 aromatic carbocycles. The van der Waals surface area contributed by atoms with Crippen LogP contribution in [0, 0.1) is 0 Å². The van der Waals surface area contributed by atoms with Crippen molar-refractivity contribution in [3.63, 3.8) is 0 Å². The van der Waals surface area contributed by atoms with Gasteiger partial charge in [0.1, 0.15) is 26.2 Å². The van der Waals surface area contributed by atoms with Gasteiger partial charge in [-0.2, -0.15) is 0 Å². The molecule has 2 saturated heterocycles. The molecule has 3 heterocycles. The fourth-order valence-electron chi connectivity index (χ4n) is 4.43. The molecule has 0 aliphatic carbocycles. The van der Waals surface area contributed by atoms with Crippen LogP contribution in [0.5, 0.6) is 0 Å². The lowest BCUT2D eigenvalue weighted by Gasteiger charge is -2.23. The van der Waals surface area contributed by atoms with Crippen LogP contribution in [0.25, 0.3) is 0 Å². The van der Waals surface area contributed by atoms with Gasteiger partial charge in [0.15, 0.2) is 11.6 Å². The fourth-order valence-corrected chi connectivity index (χ4v) is 4.43. The van der Waals surface area contributed by atoms with Crippen molar-refractivity contribution in [3.8, 4) is 0 Å². The first-order valence-corrected chi connectivity index (χ1v) is 14.6. The molecule has 0 radical (unpaired) electrons. The first-order valence-electron chi connectivity index (χ1n) is 14.6. The second-order valence-corrected chi connectivity index (χ2v) is 10.3. The molecule has 0 bridgehead atoms. The van der Waals surface area contributed by atoms with Gasteiger partial charge in [0, 0.05) is 0 Å². The van der Waals surface area contributed by atoms with Gasteiger partial charge in [-0.25, -0.2) is 9.59 Å². The van der Waals surface area contributed by atoms with Crippen molar-refractivity contribution >= 4 is 23.9 Å². The van der Waals surface area contributed by atoms with Crippen LogP contribution in [0.1, 0.15) is 53.1 Å². The molecule has 246 valence electrons. The van der Waals surface area contributed by atoms with E-state index in [0.29, 0.717) is 0 Å². The van der Waals surface area contributed by atoms with Gasteiger partial charge in [0.05, 0.1) is 75.4 Å². The zero-order valence-corrected chi connectivity index (χ0v) is 25.1. The van der Waals surface area contributed by atoms with Crippen LogP contribution in [-0.4, -0.2) is 120 Å². The summed E-state index contributed by atoms with van der Waals surface area (Å²) >= 11 is 0. The largest absolute Gasteiger partial charge is 0.545 e. The summed E-state index contributed by atoms with van der Waals surface area (Å²) in [6.07, 6.45) is 1.68. The van der Waals surface area contributed by atoms with Gasteiger partial charge in [-0.15, -0.1) is 20.4 Å². The number of carboxylic acids is 4. The van der Waals surface area contributed by atoms with Crippen molar-refractivity contribution in [2.45, 2.75) is 12.8 Å². The quantitative estimate of drug-likeness (QED) is 0.164. The van der Waals surface area contributed by atoms with Crippen LogP contribution in [-0.2, 0) is 22.3 Å². The van der Waals surface area contributed by atoms with Crippen LogP contribution in [0.4, 0.5) is 0 Å². The molecule has 3 aromatic rings. The summed E-state index contributed by atoms with van der Waals surface area (Å²) in [4.78, 5) is 44.4. The van der Waals surface area contributed by atoms with E-state index in [-0.39, 0.29) is 22.3 Å². The molecule has 1 aromatic heterocycles. The number of nitrogens with zero attached hydrogens (tertiary/aromatic N) is 4. The maximum atomic E-state index is 10.4. The first-order chi connectivity index (χ1) is 22.1. The summed E-state index contributed by atoms with van der Waals surface area (Å²) in [7, 11) is 0. The Hall–Kier alpha value is -4.90. The number of aromatic nitrogens is 4. The van der Waals surface area contributed by atoms with Gasteiger partial charge in [-0.3, -0.25) is 0 Å². The molecule has 16 nitrogen and oxygen atoms in total. The van der Waals surface area contributed by atoms with Crippen molar-refractivity contribution in [1.29, 1.82) is 0 Å². The third kappa shape index (κ3) is 12.6. The average molecular weight is 641 g/mol. The van der Waals surface area contributed by atoms with Gasteiger partial charge in [0.25, 0.3) is 0 Å². The van der Waals surface area contributed by atoms with E-state index in [9.17, 15) is 29.4 Å². The lowest BCUT2D eigenvalue weighted by atomic mass is 10.1. The number of morpholine rings is 2. The predicted octanol–water partition coefficient (Wildman–Crippen LogP) is -4.32. The van der Waals surface area contributed by atoms with Crippen LogP contribution in [0.3, 0.4) is 0 Å². The molecule has 2 aliphatic heterocycles. The van der Waals surface area contributed by atoms with Gasteiger partial charge in [0.2, 0.25) is 0 Å². The number of hydrogen-bond acceptors (Lipinski definition) is 12. The summed E-state index contributed by atoms with van der Waals surface area (Å²) in [5.74, 6) is -3.56. The van der Waals surface area contributed by atoms with Crippen LogP contribution in [0.2, 0.25) is 0 Å². The smallest absolute Gasteiger partial charge is 0.335 e. The summed E-state index contributed by atoms with van der Waals surface area (Å²) in [6.45, 7) is 9.77. The summed E-state index contributed by atoms with van der Waals surface area (Å²) < 4.78 is 10.7. The lowest BCUT2D eigenvalue weighted by molar-refractivity contribution is -0.908. The minimum Gasteiger partial charge on any atom is -0.545 e. The Balaban J connectivity index is 0.000000205. The Bertz CT molecular complexity index is 1280. The highest BCUT2D eigenvalue weighted by molar-refractivity contribution is 5.93. The average Bonchev–Trinajstić information content (AvgIpc) is 3.08. The Morgan fingerprint density at radius 2 is 0.935 bits per heavy atom. The third-order valence-corrected chi connectivity index (χ3v) is 7.06. The fraction of sp³-hybridized carbons (Fsp3) is 0.400. The molecular weight excluding hydrogens is 604 g/mol. The van der Waals surface area contributed by atoms with E-state index in [4.69, 9.17) is 19.7 Å². The first kappa shape index (κ1) is 35.6. The molecule has 0 amide bonds. The van der Waals surface area contributed by atoms with E-state index in [2.05, 4.69) is 20.4 Å². The van der Waals surface area contributed by atoms with E-state index >= 15 is 0 Å². The van der Waals surface area contributed by atoms with E-state index < -0.39 is 23.9 Å². The second kappa shape index (κ2) is 18.8. The molecule has 0 spiro atoms. The normalized spacial score (nSPS) is 15.0. The van der Waals surface area contributed by atoms with Gasteiger partial charge in [-0.05, 0) is 35.4 Å². The maximum absolute atomic E-state index is 10.4. The molecule has 0 unspecified atom stereocenters. The maximum Gasteiger partial charge on any atom is 0.335 e. The van der Waals surface area contributed by atoms with Crippen LogP contribution < -0.4 is 20.0 Å². The van der Waals surface area contributed by atoms with Crippen molar-refractivity contribution < 1.29 is 58.9 Å².